The normalized spacial score (nSPS) is 23.4. The zero-order chi connectivity index (χ0) is 24.0. The molecule has 1 aromatic heterocycles. The minimum absolute atomic E-state index is 0.271. The Balaban J connectivity index is 1.18. The Bertz CT molecular complexity index is 1160. The number of β-amino-alcohol motifs (C(OH)–C–C–N with tert-alkyl or cyclic N) is 2. The molecule has 0 amide bonds. The topological polar surface area (TPSA) is 99.7 Å². The first kappa shape index (κ1) is 22.7. The number of fused-ring (bicyclic) bond motifs is 2. The summed E-state index contributed by atoms with van der Waals surface area (Å²) >= 11 is 0. The van der Waals surface area contributed by atoms with E-state index in [4.69, 9.17) is 16.0 Å². The lowest BCUT2D eigenvalue weighted by atomic mass is 9.90. The number of rotatable bonds is 7. The third-order valence-corrected chi connectivity index (χ3v) is 7.37. The van der Waals surface area contributed by atoms with Gasteiger partial charge in [0.15, 0.2) is 0 Å². The molecule has 0 aliphatic carbocycles. The van der Waals surface area contributed by atoms with Gasteiger partial charge >= 0.3 is 5.97 Å². The van der Waals surface area contributed by atoms with Gasteiger partial charge < -0.3 is 19.7 Å². The number of aliphatic hydroxyl groups is 2. The van der Waals surface area contributed by atoms with Crippen molar-refractivity contribution in [2.24, 2.45) is 5.92 Å². The summed E-state index contributed by atoms with van der Waals surface area (Å²) in [5.41, 5.74) is 4.05. The fraction of sp³-hybridized carbons (Fsp3) is 0.480. The summed E-state index contributed by atoms with van der Waals surface area (Å²) in [6.45, 7) is 13.0. The number of methoxy groups -OCH3 is 1. The molecule has 3 aliphatic heterocycles. The van der Waals surface area contributed by atoms with Crippen LogP contribution >= 0.6 is 0 Å². The van der Waals surface area contributed by atoms with Crippen molar-refractivity contribution in [2.45, 2.75) is 31.8 Å². The molecule has 0 spiro atoms. The SMILES string of the molecule is [C-]#[N+]c1cnc(C(O)CN2CC3CN(C[C@H](O)c4ccc5c(c4C)COC5=O)C3C2)cc1OC. The average Bonchev–Trinajstić information content (AvgIpc) is 3.37. The van der Waals surface area contributed by atoms with Crippen molar-refractivity contribution >= 4 is 11.7 Å². The number of aromatic nitrogens is 1. The highest BCUT2D eigenvalue weighted by molar-refractivity contribution is 5.93. The number of carbonyl (C=O) groups is 1. The molecule has 5 rings (SSSR count). The van der Waals surface area contributed by atoms with E-state index in [2.05, 4.69) is 19.6 Å². The number of benzene rings is 1. The summed E-state index contributed by atoms with van der Waals surface area (Å²) in [7, 11) is 1.50. The lowest BCUT2D eigenvalue weighted by Gasteiger charge is -2.44. The molecule has 0 radical (unpaired) electrons. The van der Waals surface area contributed by atoms with Gasteiger partial charge in [-0.25, -0.2) is 9.64 Å². The highest BCUT2D eigenvalue weighted by atomic mass is 16.5. The van der Waals surface area contributed by atoms with Crippen LogP contribution in [0.3, 0.4) is 0 Å². The van der Waals surface area contributed by atoms with E-state index in [1.807, 2.05) is 13.0 Å². The van der Waals surface area contributed by atoms with Crippen LogP contribution in [0.5, 0.6) is 5.75 Å². The molecule has 178 valence electrons. The third kappa shape index (κ3) is 3.93. The quantitative estimate of drug-likeness (QED) is 0.474. The van der Waals surface area contributed by atoms with Crippen molar-refractivity contribution in [1.82, 2.24) is 14.8 Å². The van der Waals surface area contributed by atoms with Gasteiger partial charge in [0.25, 0.3) is 0 Å². The summed E-state index contributed by atoms with van der Waals surface area (Å²) < 4.78 is 10.4. The second kappa shape index (κ2) is 8.96. The molecule has 4 heterocycles. The minimum Gasteiger partial charge on any atom is -0.508 e. The van der Waals surface area contributed by atoms with Crippen molar-refractivity contribution in [2.75, 3.05) is 39.8 Å². The Morgan fingerprint density at radius 3 is 2.85 bits per heavy atom. The number of hydrogen-bond donors (Lipinski definition) is 2. The first-order valence-electron chi connectivity index (χ1n) is 11.4. The minimum atomic E-state index is -0.774. The zero-order valence-electron chi connectivity index (χ0n) is 19.3. The van der Waals surface area contributed by atoms with Crippen LogP contribution < -0.4 is 4.74 Å². The van der Waals surface area contributed by atoms with Gasteiger partial charge in [-0.3, -0.25) is 14.8 Å². The van der Waals surface area contributed by atoms with Crippen molar-refractivity contribution in [3.63, 3.8) is 0 Å². The molecular weight excluding hydrogens is 436 g/mol. The molecular formula is C25H28N4O5. The molecule has 2 N–H and O–H groups in total. The standard InChI is InChI=1S/C25H28N4O5/c1-14-16(4-5-17-18(14)13-34-25(17)32)22(30)12-29-9-15-8-28(10-21(15)29)11-23(31)19-6-24(33-3)20(26-2)7-27-19/h4-7,15,21-23,30-31H,8-13H2,1,3H3/t15?,21?,22-,23?/m0/s1. The van der Waals surface area contributed by atoms with Crippen LogP contribution in [0.25, 0.3) is 4.85 Å². The molecule has 4 atom stereocenters. The van der Waals surface area contributed by atoms with Crippen LogP contribution in [-0.2, 0) is 11.3 Å². The fourth-order valence-corrected chi connectivity index (χ4v) is 5.45. The van der Waals surface area contributed by atoms with Crippen LogP contribution in [0, 0.1) is 19.4 Å². The molecule has 34 heavy (non-hydrogen) atoms. The maximum atomic E-state index is 11.8. The number of ether oxygens (including phenoxy) is 2. The van der Waals surface area contributed by atoms with E-state index in [-0.39, 0.29) is 12.6 Å². The fourth-order valence-electron chi connectivity index (χ4n) is 5.45. The number of likely N-dealkylation sites (tertiary alicyclic amines) is 2. The molecule has 2 aromatic rings. The van der Waals surface area contributed by atoms with Crippen molar-refractivity contribution < 1.29 is 24.5 Å². The molecule has 3 aliphatic rings. The summed E-state index contributed by atoms with van der Waals surface area (Å²) in [6.07, 6.45) is 0.0212. The lowest BCUT2D eigenvalue weighted by Crippen LogP contribution is -2.56. The van der Waals surface area contributed by atoms with E-state index in [0.717, 1.165) is 36.3 Å². The van der Waals surface area contributed by atoms with Crippen LogP contribution in [0.2, 0.25) is 0 Å². The molecule has 2 saturated heterocycles. The van der Waals surface area contributed by atoms with Crippen LogP contribution in [0.1, 0.15) is 45.0 Å². The summed E-state index contributed by atoms with van der Waals surface area (Å²) in [6, 6.07) is 5.55. The first-order valence-corrected chi connectivity index (χ1v) is 11.4. The van der Waals surface area contributed by atoms with Gasteiger partial charge in [0.05, 0.1) is 31.0 Å². The van der Waals surface area contributed by atoms with E-state index in [9.17, 15) is 15.0 Å². The maximum absolute atomic E-state index is 11.8. The van der Waals surface area contributed by atoms with Crippen molar-refractivity contribution in [3.05, 3.63) is 63.8 Å². The van der Waals surface area contributed by atoms with Gasteiger partial charge in [-0.1, -0.05) is 6.07 Å². The van der Waals surface area contributed by atoms with E-state index < -0.39 is 12.2 Å². The van der Waals surface area contributed by atoms with E-state index >= 15 is 0 Å². The smallest absolute Gasteiger partial charge is 0.338 e. The summed E-state index contributed by atoms with van der Waals surface area (Å²) in [5.74, 6) is 0.631. The largest absolute Gasteiger partial charge is 0.508 e. The van der Waals surface area contributed by atoms with Crippen LogP contribution in [0.15, 0.2) is 24.4 Å². The number of esters is 1. The van der Waals surface area contributed by atoms with Gasteiger partial charge in [-0.2, -0.15) is 0 Å². The van der Waals surface area contributed by atoms with Gasteiger partial charge in [0, 0.05) is 56.4 Å². The predicted octanol–water partition coefficient (Wildman–Crippen LogP) is 2.00. The predicted molar refractivity (Wildman–Crippen MR) is 123 cm³/mol. The molecule has 3 unspecified atom stereocenters. The molecule has 9 nitrogen and oxygen atoms in total. The van der Waals surface area contributed by atoms with Gasteiger partial charge in [0.2, 0.25) is 5.69 Å². The van der Waals surface area contributed by atoms with Gasteiger partial charge in [0.1, 0.15) is 18.5 Å². The van der Waals surface area contributed by atoms with Crippen LogP contribution in [-0.4, -0.2) is 76.8 Å². The first-order chi connectivity index (χ1) is 16.4. The Morgan fingerprint density at radius 2 is 2.09 bits per heavy atom. The zero-order valence-corrected chi connectivity index (χ0v) is 19.3. The monoisotopic (exact) mass is 464 g/mol. The number of hydrogen-bond acceptors (Lipinski definition) is 8. The maximum Gasteiger partial charge on any atom is 0.338 e. The summed E-state index contributed by atoms with van der Waals surface area (Å²) in [5, 5.41) is 21.7. The molecule has 0 bridgehead atoms. The Labute approximate surface area is 198 Å². The second-order valence-electron chi connectivity index (χ2n) is 9.31. The van der Waals surface area contributed by atoms with Crippen LogP contribution in [0.4, 0.5) is 5.69 Å². The molecule has 1 aromatic carbocycles. The van der Waals surface area contributed by atoms with Gasteiger partial charge in [-0.15, -0.1) is 0 Å². The van der Waals surface area contributed by atoms with Gasteiger partial charge in [-0.05, 0) is 30.2 Å². The molecule has 2 fully saturated rings. The number of aliphatic hydroxyl groups excluding tert-OH is 2. The lowest BCUT2D eigenvalue weighted by molar-refractivity contribution is 0.00529. The highest BCUT2D eigenvalue weighted by Crippen LogP contribution is 2.36. The van der Waals surface area contributed by atoms with E-state index in [1.54, 1.807) is 12.1 Å². The number of nitrogens with zero attached hydrogens (tertiary/aromatic N) is 4. The Kier molecular flexibility index (Phi) is 6.00. The summed E-state index contributed by atoms with van der Waals surface area (Å²) in [4.78, 5) is 23.9. The number of cyclic esters (lactones) is 1. The van der Waals surface area contributed by atoms with E-state index in [0.29, 0.717) is 47.7 Å². The van der Waals surface area contributed by atoms with Crippen molar-refractivity contribution in [3.8, 4) is 5.75 Å². The van der Waals surface area contributed by atoms with E-state index in [1.165, 1.54) is 13.3 Å². The molecule has 0 saturated carbocycles. The third-order valence-electron chi connectivity index (χ3n) is 7.37. The van der Waals surface area contributed by atoms with Crippen molar-refractivity contribution in [1.29, 1.82) is 0 Å². The number of pyridine rings is 1. The highest BCUT2D eigenvalue weighted by Gasteiger charge is 2.46. The second-order valence-corrected chi connectivity index (χ2v) is 9.31. The molecule has 9 heteroatoms. The Hall–Kier alpha value is -3.03. The number of carbonyl (C=O) groups excluding carboxylic acids is 1. The Morgan fingerprint density at radius 1 is 1.26 bits per heavy atom. The average molecular weight is 465 g/mol.